The van der Waals surface area contributed by atoms with Gasteiger partial charge in [-0.25, -0.2) is 9.18 Å². The van der Waals surface area contributed by atoms with Gasteiger partial charge in [-0.15, -0.1) is 6.58 Å². The Hall–Kier alpha value is -3.94. The van der Waals surface area contributed by atoms with Crippen molar-refractivity contribution < 1.29 is 27.2 Å². The minimum Gasteiger partial charge on any atom is -0.308 e. The quantitative estimate of drug-likeness (QED) is 0.294. The summed E-state index contributed by atoms with van der Waals surface area (Å²) in [5.41, 5.74) is 0.894. The van der Waals surface area contributed by atoms with Crippen molar-refractivity contribution in [2.75, 3.05) is 10.6 Å². The molecule has 0 aliphatic heterocycles. The molecule has 2 amide bonds. The van der Waals surface area contributed by atoms with Gasteiger partial charge in [0.25, 0.3) is 0 Å². The molecule has 0 saturated heterocycles. The van der Waals surface area contributed by atoms with E-state index in [0.29, 0.717) is 17.7 Å². The Morgan fingerprint density at radius 3 is 2.09 bits per heavy atom. The number of halogens is 4. The van der Waals surface area contributed by atoms with Gasteiger partial charge in [-0.1, -0.05) is 36.4 Å². The van der Waals surface area contributed by atoms with E-state index in [4.69, 9.17) is 0 Å². The third-order valence-corrected chi connectivity index (χ3v) is 5.96. The number of Topliss-reactive ketones (excluding diaryl/α,β-unsaturated/α-hetero) is 1. The second kappa shape index (κ2) is 9.37. The zero-order valence-electron chi connectivity index (χ0n) is 18.6. The van der Waals surface area contributed by atoms with Gasteiger partial charge < -0.3 is 10.6 Å². The summed E-state index contributed by atoms with van der Waals surface area (Å²) >= 11 is 0. The first-order chi connectivity index (χ1) is 16.6. The molecule has 1 atom stereocenters. The lowest BCUT2D eigenvalue weighted by molar-refractivity contribution is -0.137. The molecule has 3 aromatic carbocycles. The Kier molecular flexibility index (Phi) is 6.47. The first-order valence-corrected chi connectivity index (χ1v) is 10.9. The number of nitrogens with one attached hydrogen (secondary N) is 2. The largest absolute Gasteiger partial charge is 0.416 e. The number of carbonyl (C=O) groups excluding carboxylic acids is 2. The van der Waals surface area contributed by atoms with Gasteiger partial charge in [-0.2, -0.15) is 13.2 Å². The van der Waals surface area contributed by atoms with Crippen LogP contribution >= 0.6 is 0 Å². The van der Waals surface area contributed by atoms with Crippen LogP contribution in [0.25, 0.3) is 11.1 Å². The molecule has 0 aromatic heterocycles. The average molecular weight is 482 g/mol. The molecule has 180 valence electrons. The van der Waals surface area contributed by atoms with E-state index in [1.807, 2.05) is 6.07 Å². The van der Waals surface area contributed by atoms with E-state index in [1.54, 1.807) is 36.4 Å². The molecule has 0 fully saturated rings. The van der Waals surface area contributed by atoms with Gasteiger partial charge in [0.1, 0.15) is 0 Å². The number of rotatable bonds is 5. The van der Waals surface area contributed by atoms with Crippen molar-refractivity contribution in [2.24, 2.45) is 0 Å². The fraction of sp³-hybridized carbons (Fsp3) is 0.185. The minimum absolute atomic E-state index is 0.00602. The summed E-state index contributed by atoms with van der Waals surface area (Å²) in [4.78, 5) is 24.8. The lowest BCUT2D eigenvalue weighted by Gasteiger charge is -2.29. The number of alkyl halides is 4. The second-order valence-corrected chi connectivity index (χ2v) is 8.39. The maximum atomic E-state index is 14.9. The van der Waals surface area contributed by atoms with Gasteiger partial charge in [0.2, 0.25) is 5.78 Å². The molecule has 35 heavy (non-hydrogen) atoms. The van der Waals surface area contributed by atoms with Crippen LogP contribution < -0.4 is 10.6 Å². The topological polar surface area (TPSA) is 58.2 Å². The third kappa shape index (κ3) is 5.26. The summed E-state index contributed by atoms with van der Waals surface area (Å²) in [5, 5.41) is 5.11. The summed E-state index contributed by atoms with van der Waals surface area (Å²) in [6.45, 7) is 3.54. The number of fused-ring (bicyclic) bond motifs is 1. The Balaban J connectivity index is 1.42. The number of hydrogen-bond donors (Lipinski definition) is 2. The molecule has 3 aromatic rings. The van der Waals surface area contributed by atoms with Gasteiger partial charge in [-0.05, 0) is 65.9 Å². The molecule has 4 rings (SSSR count). The van der Waals surface area contributed by atoms with Crippen LogP contribution in [0.3, 0.4) is 0 Å². The van der Waals surface area contributed by atoms with Gasteiger partial charge >= 0.3 is 12.2 Å². The van der Waals surface area contributed by atoms with Crippen molar-refractivity contribution in [3.05, 3.63) is 96.1 Å². The average Bonchev–Trinajstić information content (AvgIpc) is 2.82. The summed E-state index contributed by atoms with van der Waals surface area (Å²) in [5.74, 6) is -0.510. The maximum absolute atomic E-state index is 14.9. The Morgan fingerprint density at radius 2 is 1.51 bits per heavy atom. The van der Waals surface area contributed by atoms with Crippen molar-refractivity contribution in [3.8, 4) is 11.1 Å². The number of aryl methyl sites for hydroxylation is 1. The van der Waals surface area contributed by atoms with E-state index in [0.717, 1.165) is 28.8 Å². The van der Waals surface area contributed by atoms with Crippen molar-refractivity contribution in [2.45, 2.75) is 31.1 Å². The molecule has 0 heterocycles. The molecule has 0 radical (unpaired) electrons. The van der Waals surface area contributed by atoms with Crippen LogP contribution in [0, 0.1) is 0 Å². The standard InChI is InChI=1S/C27H22F4N2O2/c1-2-14-26(28)15-13-19-16-18(5-12-23(19)24(26)34)17-3-8-21(9-4-17)32-25(35)33-22-10-6-20(7-11-22)27(29,30)31/h2-12,16H,1,13-15H2,(H2,32,33,35). The van der Waals surface area contributed by atoms with Crippen molar-refractivity contribution in [1.29, 1.82) is 0 Å². The zero-order valence-corrected chi connectivity index (χ0v) is 18.6. The van der Waals surface area contributed by atoms with Crippen LogP contribution in [0.4, 0.5) is 33.7 Å². The highest BCUT2D eigenvalue weighted by molar-refractivity contribution is 6.05. The highest BCUT2D eigenvalue weighted by atomic mass is 19.4. The van der Waals surface area contributed by atoms with Gasteiger partial charge in [0, 0.05) is 23.4 Å². The highest BCUT2D eigenvalue weighted by Crippen LogP contribution is 2.36. The van der Waals surface area contributed by atoms with E-state index >= 15 is 0 Å². The molecular formula is C27H22F4N2O2. The fourth-order valence-corrected chi connectivity index (χ4v) is 4.09. The van der Waals surface area contributed by atoms with Crippen molar-refractivity contribution >= 4 is 23.2 Å². The smallest absolute Gasteiger partial charge is 0.308 e. The number of urea groups is 1. The van der Waals surface area contributed by atoms with E-state index in [1.165, 1.54) is 18.2 Å². The first-order valence-electron chi connectivity index (χ1n) is 10.9. The normalized spacial score (nSPS) is 17.4. The van der Waals surface area contributed by atoms with Crippen molar-refractivity contribution in [3.63, 3.8) is 0 Å². The number of anilines is 2. The molecule has 0 bridgehead atoms. The van der Waals surface area contributed by atoms with Crippen LogP contribution in [0.1, 0.15) is 34.3 Å². The van der Waals surface area contributed by atoms with Gasteiger partial charge in [0.15, 0.2) is 5.67 Å². The summed E-state index contributed by atoms with van der Waals surface area (Å²) < 4.78 is 52.9. The van der Waals surface area contributed by atoms with Crippen LogP contribution in [-0.4, -0.2) is 17.5 Å². The van der Waals surface area contributed by atoms with Crippen LogP contribution in [0.5, 0.6) is 0 Å². The molecule has 4 nitrogen and oxygen atoms in total. The van der Waals surface area contributed by atoms with E-state index < -0.39 is 29.2 Å². The number of benzene rings is 3. The number of carbonyl (C=O) groups is 2. The molecule has 1 aliphatic carbocycles. The molecule has 0 spiro atoms. The molecule has 0 saturated carbocycles. The number of allylic oxidation sites excluding steroid dienone is 1. The summed E-state index contributed by atoms with van der Waals surface area (Å²) in [7, 11) is 0. The molecule has 1 aliphatic rings. The van der Waals surface area contributed by atoms with Crippen molar-refractivity contribution in [1.82, 2.24) is 0 Å². The number of amides is 2. The number of ketones is 1. The zero-order chi connectivity index (χ0) is 25.2. The van der Waals surface area contributed by atoms with Gasteiger partial charge in [-0.3, -0.25) is 4.79 Å². The molecule has 2 N–H and O–H groups in total. The van der Waals surface area contributed by atoms with Crippen LogP contribution in [0.15, 0.2) is 79.4 Å². The predicted octanol–water partition coefficient (Wildman–Crippen LogP) is 7.43. The monoisotopic (exact) mass is 482 g/mol. The fourth-order valence-electron chi connectivity index (χ4n) is 4.09. The minimum atomic E-state index is -4.44. The third-order valence-electron chi connectivity index (χ3n) is 5.96. The molecular weight excluding hydrogens is 460 g/mol. The predicted molar refractivity (Wildman–Crippen MR) is 127 cm³/mol. The Morgan fingerprint density at radius 1 is 0.943 bits per heavy atom. The Bertz CT molecular complexity index is 1270. The molecule has 8 heteroatoms. The van der Waals surface area contributed by atoms with E-state index in [-0.39, 0.29) is 18.5 Å². The SMILES string of the molecule is C=CCC1(F)CCc2cc(-c3ccc(NC(=O)Nc4ccc(C(F)(F)F)cc4)cc3)ccc2C1=O. The lowest BCUT2D eigenvalue weighted by atomic mass is 9.78. The van der Waals surface area contributed by atoms with Gasteiger partial charge in [0.05, 0.1) is 5.56 Å². The lowest BCUT2D eigenvalue weighted by Crippen LogP contribution is -2.38. The van der Waals surface area contributed by atoms with E-state index in [2.05, 4.69) is 17.2 Å². The van der Waals surface area contributed by atoms with Crippen LogP contribution in [-0.2, 0) is 12.6 Å². The summed E-state index contributed by atoms with van der Waals surface area (Å²) in [6, 6.07) is 15.8. The second-order valence-electron chi connectivity index (χ2n) is 8.39. The highest BCUT2D eigenvalue weighted by Gasteiger charge is 2.41. The molecule has 1 unspecified atom stereocenters. The summed E-state index contributed by atoms with van der Waals surface area (Å²) in [6.07, 6.45) is -2.46. The number of hydrogen-bond acceptors (Lipinski definition) is 2. The van der Waals surface area contributed by atoms with Crippen LogP contribution in [0.2, 0.25) is 0 Å². The van der Waals surface area contributed by atoms with E-state index in [9.17, 15) is 27.2 Å². The first kappa shape index (κ1) is 24.2. The Labute approximate surface area is 199 Å². The maximum Gasteiger partial charge on any atom is 0.416 e.